The number of hydrogen-bond donors (Lipinski definition) is 1. The van der Waals surface area contributed by atoms with E-state index in [9.17, 15) is 9.59 Å². The number of urea groups is 1. The minimum atomic E-state index is -0.109. The van der Waals surface area contributed by atoms with Crippen LogP contribution in [-0.2, 0) is 13.6 Å². The van der Waals surface area contributed by atoms with Crippen LogP contribution >= 0.6 is 11.6 Å². The van der Waals surface area contributed by atoms with Crippen LogP contribution in [0.25, 0.3) is 11.0 Å². The zero-order valence-electron chi connectivity index (χ0n) is 20.3. The average Bonchev–Trinajstić information content (AvgIpc) is 3.50. The van der Waals surface area contributed by atoms with Crippen LogP contribution in [0.15, 0.2) is 36.4 Å². The van der Waals surface area contributed by atoms with Crippen LogP contribution in [0.3, 0.4) is 0 Å². The molecular formula is C26H31ClN6O2. The van der Waals surface area contributed by atoms with Crippen LogP contribution in [0.1, 0.15) is 34.6 Å². The molecule has 0 atom stereocenters. The number of anilines is 1. The number of nitrogens with one attached hydrogen (secondary N) is 1. The summed E-state index contributed by atoms with van der Waals surface area (Å²) < 4.78 is 2.10. The molecule has 9 heteroatoms. The molecule has 0 bridgehead atoms. The molecule has 0 aliphatic carbocycles. The molecule has 0 radical (unpaired) electrons. The number of halogens is 1. The number of amides is 3. The lowest BCUT2D eigenvalue weighted by Gasteiger charge is -2.34. The maximum Gasteiger partial charge on any atom is 0.321 e. The number of aromatic nitrogens is 2. The summed E-state index contributed by atoms with van der Waals surface area (Å²) in [6.07, 6.45) is 2.16. The summed E-state index contributed by atoms with van der Waals surface area (Å²) in [5.74, 6) is 1.05. The summed E-state index contributed by atoms with van der Waals surface area (Å²) in [4.78, 5) is 36.4. The molecule has 1 aromatic heterocycles. The van der Waals surface area contributed by atoms with Crippen molar-refractivity contribution in [1.29, 1.82) is 0 Å². The van der Waals surface area contributed by atoms with E-state index in [0.717, 1.165) is 61.4 Å². The van der Waals surface area contributed by atoms with E-state index in [1.165, 1.54) is 0 Å². The Labute approximate surface area is 210 Å². The van der Waals surface area contributed by atoms with Gasteiger partial charge in [0.2, 0.25) is 0 Å². The summed E-state index contributed by atoms with van der Waals surface area (Å²) in [6, 6.07) is 11.3. The fourth-order valence-electron chi connectivity index (χ4n) is 4.81. The minimum Gasteiger partial charge on any atom is -0.339 e. The van der Waals surface area contributed by atoms with Crippen LogP contribution in [0.5, 0.6) is 0 Å². The molecule has 2 aromatic carbocycles. The van der Waals surface area contributed by atoms with Gasteiger partial charge in [-0.05, 0) is 55.7 Å². The number of benzene rings is 2. The molecule has 8 nitrogen and oxygen atoms in total. The lowest BCUT2D eigenvalue weighted by molar-refractivity contribution is 0.0793. The predicted molar refractivity (Wildman–Crippen MR) is 138 cm³/mol. The molecular weight excluding hydrogens is 464 g/mol. The summed E-state index contributed by atoms with van der Waals surface area (Å²) >= 11 is 6.18. The second-order valence-corrected chi connectivity index (χ2v) is 9.85. The molecule has 3 heterocycles. The maximum atomic E-state index is 12.8. The Morgan fingerprint density at radius 2 is 1.71 bits per heavy atom. The normalized spacial score (nSPS) is 16.8. The fourth-order valence-corrected chi connectivity index (χ4v) is 4.99. The van der Waals surface area contributed by atoms with E-state index in [1.807, 2.05) is 54.1 Å². The van der Waals surface area contributed by atoms with E-state index >= 15 is 0 Å². The quantitative estimate of drug-likeness (QED) is 0.592. The van der Waals surface area contributed by atoms with Crippen molar-refractivity contribution in [2.24, 2.45) is 7.05 Å². The van der Waals surface area contributed by atoms with Crippen LogP contribution in [0, 0.1) is 6.92 Å². The first kappa shape index (κ1) is 23.6. The van der Waals surface area contributed by atoms with E-state index in [-0.39, 0.29) is 11.9 Å². The molecule has 2 aliphatic heterocycles. The number of hydrogen-bond acceptors (Lipinski definition) is 4. The number of piperazine rings is 1. The zero-order valence-corrected chi connectivity index (χ0v) is 21.0. The highest BCUT2D eigenvalue weighted by atomic mass is 35.5. The fraction of sp³-hybridized carbons (Fsp3) is 0.423. The van der Waals surface area contributed by atoms with Crippen LogP contribution in [-0.4, -0.2) is 75.5 Å². The third-order valence-corrected chi connectivity index (χ3v) is 7.47. The van der Waals surface area contributed by atoms with Gasteiger partial charge in [0, 0.05) is 62.6 Å². The zero-order chi connectivity index (χ0) is 24.5. The van der Waals surface area contributed by atoms with Crippen molar-refractivity contribution >= 4 is 40.3 Å². The molecule has 5 rings (SSSR count). The molecule has 3 amide bonds. The van der Waals surface area contributed by atoms with Crippen LogP contribution in [0.2, 0.25) is 5.02 Å². The number of rotatable bonds is 4. The number of imidazole rings is 1. The number of likely N-dealkylation sites (tertiary alicyclic amines) is 1. The Balaban J connectivity index is 1.20. The second kappa shape index (κ2) is 9.87. The molecule has 0 unspecified atom stereocenters. The maximum absolute atomic E-state index is 12.8. The molecule has 0 spiro atoms. The summed E-state index contributed by atoms with van der Waals surface area (Å²) in [5, 5.41) is 3.58. The van der Waals surface area contributed by atoms with Crippen molar-refractivity contribution in [2.45, 2.75) is 26.3 Å². The Kier molecular flexibility index (Phi) is 6.67. The van der Waals surface area contributed by atoms with Gasteiger partial charge in [-0.3, -0.25) is 9.69 Å². The Hall–Kier alpha value is -3.10. The molecule has 184 valence electrons. The predicted octanol–water partition coefficient (Wildman–Crippen LogP) is 4.12. The van der Waals surface area contributed by atoms with Crippen molar-refractivity contribution in [3.8, 4) is 0 Å². The monoisotopic (exact) mass is 494 g/mol. The number of fused-ring (bicyclic) bond motifs is 1. The highest BCUT2D eigenvalue weighted by molar-refractivity contribution is 6.31. The van der Waals surface area contributed by atoms with E-state index in [2.05, 4.69) is 14.8 Å². The lowest BCUT2D eigenvalue weighted by Crippen LogP contribution is -2.49. The van der Waals surface area contributed by atoms with Gasteiger partial charge < -0.3 is 19.7 Å². The Bertz CT molecular complexity index is 1260. The molecule has 2 saturated heterocycles. The highest BCUT2D eigenvalue weighted by Crippen LogP contribution is 2.22. The number of carbonyl (C=O) groups excluding carboxylic acids is 2. The van der Waals surface area contributed by atoms with Gasteiger partial charge in [0.25, 0.3) is 5.91 Å². The molecule has 3 aromatic rings. The van der Waals surface area contributed by atoms with Crippen molar-refractivity contribution in [2.75, 3.05) is 44.6 Å². The number of nitrogens with zero attached hydrogens (tertiary/aromatic N) is 5. The molecule has 35 heavy (non-hydrogen) atoms. The SMILES string of the molecule is Cc1ccc(NC(=O)N2CCN(Cc3nc4cc(C(=O)N5CCCC5)ccc4n3C)CC2)cc1Cl. The van der Waals surface area contributed by atoms with Gasteiger partial charge in [-0.1, -0.05) is 17.7 Å². The van der Waals surface area contributed by atoms with E-state index in [1.54, 1.807) is 6.07 Å². The third kappa shape index (κ3) is 4.99. The third-order valence-electron chi connectivity index (χ3n) is 7.06. The average molecular weight is 495 g/mol. The first-order chi connectivity index (χ1) is 16.9. The van der Waals surface area contributed by atoms with Gasteiger partial charge >= 0.3 is 6.03 Å². The summed E-state index contributed by atoms with van der Waals surface area (Å²) in [7, 11) is 2.02. The molecule has 0 saturated carbocycles. The van der Waals surface area contributed by atoms with Gasteiger partial charge in [0.1, 0.15) is 5.82 Å². The standard InChI is InChI=1S/C26H31ClN6O2/c1-18-5-7-20(16-21(18)27)28-26(35)33-13-11-31(12-14-33)17-24-29-22-15-19(6-8-23(22)30(24)2)25(34)32-9-3-4-10-32/h5-8,15-16H,3-4,9-14,17H2,1-2H3,(H,28,35). The first-order valence-electron chi connectivity index (χ1n) is 12.2. The van der Waals surface area contributed by atoms with Crippen molar-refractivity contribution in [3.63, 3.8) is 0 Å². The van der Waals surface area contributed by atoms with Crippen molar-refractivity contribution in [3.05, 3.63) is 58.4 Å². The highest BCUT2D eigenvalue weighted by Gasteiger charge is 2.24. The Morgan fingerprint density at radius 1 is 0.971 bits per heavy atom. The van der Waals surface area contributed by atoms with Gasteiger partial charge in [-0.15, -0.1) is 0 Å². The largest absolute Gasteiger partial charge is 0.339 e. The summed E-state index contributed by atoms with van der Waals surface area (Å²) in [6.45, 7) is 7.14. The lowest BCUT2D eigenvalue weighted by atomic mass is 10.2. The molecule has 2 aliphatic rings. The minimum absolute atomic E-state index is 0.0962. The van der Waals surface area contributed by atoms with Crippen LogP contribution in [0.4, 0.5) is 10.5 Å². The molecule has 1 N–H and O–H groups in total. The second-order valence-electron chi connectivity index (χ2n) is 9.45. The van der Waals surface area contributed by atoms with Crippen LogP contribution < -0.4 is 5.32 Å². The molecule has 2 fully saturated rings. The first-order valence-corrected chi connectivity index (χ1v) is 12.6. The number of aryl methyl sites for hydroxylation is 2. The van der Waals surface area contributed by atoms with E-state index in [0.29, 0.717) is 35.9 Å². The number of carbonyl (C=O) groups is 2. The van der Waals surface area contributed by atoms with Crippen molar-refractivity contribution in [1.82, 2.24) is 24.3 Å². The van der Waals surface area contributed by atoms with E-state index < -0.39 is 0 Å². The van der Waals surface area contributed by atoms with Gasteiger partial charge in [0.05, 0.1) is 17.6 Å². The van der Waals surface area contributed by atoms with E-state index in [4.69, 9.17) is 16.6 Å². The van der Waals surface area contributed by atoms with Gasteiger partial charge in [-0.25, -0.2) is 9.78 Å². The Morgan fingerprint density at radius 3 is 2.43 bits per heavy atom. The van der Waals surface area contributed by atoms with Gasteiger partial charge in [-0.2, -0.15) is 0 Å². The topological polar surface area (TPSA) is 73.7 Å². The smallest absolute Gasteiger partial charge is 0.321 e. The van der Waals surface area contributed by atoms with Crippen molar-refractivity contribution < 1.29 is 9.59 Å². The van der Waals surface area contributed by atoms with Gasteiger partial charge in [0.15, 0.2) is 0 Å². The summed E-state index contributed by atoms with van der Waals surface area (Å²) in [5.41, 5.74) is 4.26.